The van der Waals surface area contributed by atoms with Crippen molar-refractivity contribution < 1.29 is 14.0 Å². The van der Waals surface area contributed by atoms with Gasteiger partial charge < -0.3 is 5.32 Å². The molecule has 0 aliphatic heterocycles. The van der Waals surface area contributed by atoms with Crippen LogP contribution in [0.1, 0.15) is 12.5 Å². The quantitative estimate of drug-likeness (QED) is 0.607. The number of benzene rings is 2. The normalized spacial score (nSPS) is 11.7. The molecule has 1 atom stereocenters. The smallest absolute Gasteiger partial charge is 0.321 e. The summed E-state index contributed by atoms with van der Waals surface area (Å²) in [4.78, 5) is 23.6. The van der Waals surface area contributed by atoms with Crippen LogP contribution in [-0.4, -0.2) is 39.0 Å². The summed E-state index contributed by atoms with van der Waals surface area (Å²) in [6, 6.07) is 15.2. The molecule has 3 amide bonds. The second-order valence-corrected chi connectivity index (χ2v) is 7.52. The number of hydrogen-bond acceptors (Lipinski definition) is 5. The molecule has 0 aliphatic rings. The van der Waals surface area contributed by atoms with E-state index in [4.69, 9.17) is 0 Å². The van der Waals surface area contributed by atoms with Gasteiger partial charge in [0.25, 0.3) is 0 Å². The molecule has 1 heterocycles. The van der Waals surface area contributed by atoms with Gasteiger partial charge in [0.05, 0.1) is 11.8 Å². The Morgan fingerprint density at radius 1 is 1.10 bits per heavy atom. The Balaban J connectivity index is 1.91. The van der Waals surface area contributed by atoms with Crippen LogP contribution >= 0.6 is 11.8 Å². The number of thioether (sulfide) groups is 1. The molecule has 7 nitrogen and oxygen atoms in total. The minimum absolute atomic E-state index is 0.336. The fraction of sp³-hybridized carbons (Fsp3) is 0.200. The number of carbonyl (C=O) groups excluding carboxylic acids is 2. The number of imide groups is 1. The molecule has 0 aliphatic carbocycles. The van der Waals surface area contributed by atoms with Crippen molar-refractivity contribution in [3.63, 3.8) is 0 Å². The first-order valence-corrected chi connectivity index (χ1v) is 9.78. The van der Waals surface area contributed by atoms with Crippen LogP contribution in [0.4, 0.5) is 9.18 Å². The van der Waals surface area contributed by atoms with Crippen LogP contribution in [0.25, 0.3) is 11.4 Å². The molecule has 3 aromatic rings. The van der Waals surface area contributed by atoms with Crippen molar-refractivity contribution in [2.75, 3.05) is 7.05 Å². The molecule has 2 N–H and O–H groups in total. The zero-order chi connectivity index (χ0) is 20.8. The molecule has 0 saturated carbocycles. The van der Waals surface area contributed by atoms with Gasteiger partial charge in [-0.2, -0.15) is 0 Å². The molecular weight excluding hydrogens is 393 g/mol. The topological polar surface area (TPSA) is 88.9 Å². The van der Waals surface area contributed by atoms with E-state index < -0.39 is 17.2 Å². The summed E-state index contributed by atoms with van der Waals surface area (Å²) in [5.41, 5.74) is 1.74. The third-order valence-corrected chi connectivity index (χ3v) is 5.20. The minimum Gasteiger partial charge on any atom is -0.341 e. The second kappa shape index (κ2) is 9.33. The average Bonchev–Trinajstić information content (AvgIpc) is 3.11. The van der Waals surface area contributed by atoms with E-state index in [0.717, 1.165) is 5.56 Å². The number of nitrogens with one attached hydrogen (secondary N) is 2. The summed E-state index contributed by atoms with van der Waals surface area (Å²) in [6.07, 6.45) is 0. The van der Waals surface area contributed by atoms with E-state index in [0.29, 0.717) is 23.1 Å². The van der Waals surface area contributed by atoms with Crippen molar-refractivity contribution in [1.82, 2.24) is 25.4 Å². The summed E-state index contributed by atoms with van der Waals surface area (Å²) in [5, 5.41) is 13.0. The van der Waals surface area contributed by atoms with Crippen LogP contribution in [0.5, 0.6) is 0 Å². The molecular formula is C20H20FN5O2S. The molecule has 150 valence electrons. The minimum atomic E-state index is -0.577. The molecule has 29 heavy (non-hydrogen) atoms. The third-order valence-electron chi connectivity index (χ3n) is 4.12. The van der Waals surface area contributed by atoms with Crippen molar-refractivity contribution in [3.8, 4) is 11.4 Å². The van der Waals surface area contributed by atoms with Crippen LogP contribution in [0.15, 0.2) is 59.8 Å². The highest BCUT2D eigenvalue weighted by molar-refractivity contribution is 8.00. The highest BCUT2D eigenvalue weighted by Crippen LogP contribution is 2.28. The highest BCUT2D eigenvalue weighted by atomic mass is 32.2. The van der Waals surface area contributed by atoms with Gasteiger partial charge in [-0.3, -0.25) is 14.7 Å². The van der Waals surface area contributed by atoms with E-state index in [1.165, 1.54) is 30.9 Å². The predicted molar refractivity (Wildman–Crippen MR) is 109 cm³/mol. The molecule has 1 unspecified atom stereocenters. The molecule has 2 aromatic carbocycles. The van der Waals surface area contributed by atoms with E-state index in [-0.39, 0.29) is 5.82 Å². The number of rotatable bonds is 6. The first-order chi connectivity index (χ1) is 14.0. The Kier molecular flexibility index (Phi) is 6.61. The molecule has 1 aromatic heterocycles. The lowest BCUT2D eigenvalue weighted by Gasteiger charge is -2.13. The Hall–Kier alpha value is -3.20. The Morgan fingerprint density at radius 3 is 2.45 bits per heavy atom. The van der Waals surface area contributed by atoms with Crippen LogP contribution in [0.2, 0.25) is 0 Å². The Morgan fingerprint density at radius 2 is 1.79 bits per heavy atom. The maximum atomic E-state index is 13.3. The molecule has 0 saturated heterocycles. The summed E-state index contributed by atoms with van der Waals surface area (Å²) >= 11 is 1.19. The molecule has 3 rings (SSSR count). The van der Waals surface area contributed by atoms with Crippen molar-refractivity contribution in [3.05, 3.63) is 66.0 Å². The van der Waals surface area contributed by atoms with E-state index in [1.54, 1.807) is 19.1 Å². The van der Waals surface area contributed by atoms with Crippen LogP contribution in [0.3, 0.4) is 0 Å². The monoisotopic (exact) mass is 413 g/mol. The summed E-state index contributed by atoms with van der Waals surface area (Å²) in [7, 11) is 1.44. The van der Waals surface area contributed by atoms with Gasteiger partial charge in [0.15, 0.2) is 11.0 Å². The standard InChI is InChI=1S/C20H20FN5O2S/c1-13(18(27)23-19(28)22-2)29-20-25-24-17(15-8-10-16(21)11-9-15)26(20)12-14-6-4-3-5-7-14/h3-11,13H,12H2,1-2H3,(H2,22,23,27,28). The van der Waals surface area contributed by atoms with Gasteiger partial charge in [0, 0.05) is 12.6 Å². The Bertz CT molecular complexity index is 992. The van der Waals surface area contributed by atoms with Crippen LogP contribution in [-0.2, 0) is 11.3 Å². The number of urea groups is 1. The third kappa shape index (κ3) is 5.20. The fourth-order valence-corrected chi connectivity index (χ4v) is 3.43. The fourth-order valence-electron chi connectivity index (χ4n) is 2.58. The van der Waals surface area contributed by atoms with Crippen LogP contribution in [0, 0.1) is 5.82 Å². The number of hydrogen-bond donors (Lipinski definition) is 2. The lowest BCUT2D eigenvalue weighted by molar-refractivity contribution is -0.119. The van der Waals surface area contributed by atoms with Crippen molar-refractivity contribution in [2.24, 2.45) is 0 Å². The Labute approximate surface area is 171 Å². The largest absolute Gasteiger partial charge is 0.341 e. The van der Waals surface area contributed by atoms with Gasteiger partial charge in [-0.05, 0) is 36.8 Å². The zero-order valence-corrected chi connectivity index (χ0v) is 16.7. The molecule has 0 spiro atoms. The number of amides is 3. The van der Waals surface area contributed by atoms with Gasteiger partial charge in [-0.1, -0.05) is 42.1 Å². The predicted octanol–water partition coefficient (Wildman–Crippen LogP) is 3.07. The lowest BCUT2D eigenvalue weighted by atomic mass is 10.2. The average molecular weight is 413 g/mol. The van der Waals surface area contributed by atoms with Crippen molar-refractivity contribution in [2.45, 2.75) is 23.9 Å². The van der Waals surface area contributed by atoms with E-state index >= 15 is 0 Å². The number of carbonyl (C=O) groups is 2. The van der Waals surface area contributed by atoms with E-state index in [2.05, 4.69) is 20.8 Å². The molecule has 0 fully saturated rings. The molecule has 0 radical (unpaired) electrons. The zero-order valence-electron chi connectivity index (χ0n) is 15.9. The summed E-state index contributed by atoms with van der Waals surface area (Å²) < 4.78 is 15.2. The first kappa shape index (κ1) is 20.5. The van der Waals surface area contributed by atoms with Gasteiger partial charge in [0.2, 0.25) is 5.91 Å². The summed E-state index contributed by atoms with van der Waals surface area (Å²) in [5.74, 6) is -0.209. The van der Waals surface area contributed by atoms with Crippen molar-refractivity contribution >= 4 is 23.7 Å². The number of nitrogens with zero attached hydrogens (tertiary/aromatic N) is 3. The van der Waals surface area contributed by atoms with Crippen molar-refractivity contribution in [1.29, 1.82) is 0 Å². The van der Waals surface area contributed by atoms with Gasteiger partial charge >= 0.3 is 6.03 Å². The summed E-state index contributed by atoms with van der Waals surface area (Å²) in [6.45, 7) is 2.16. The van der Waals surface area contributed by atoms with E-state index in [9.17, 15) is 14.0 Å². The second-order valence-electron chi connectivity index (χ2n) is 6.21. The molecule has 9 heteroatoms. The van der Waals surface area contributed by atoms with Gasteiger partial charge in [-0.15, -0.1) is 10.2 Å². The maximum absolute atomic E-state index is 13.3. The molecule has 0 bridgehead atoms. The number of aromatic nitrogens is 3. The highest BCUT2D eigenvalue weighted by Gasteiger charge is 2.22. The SMILES string of the molecule is CNC(=O)NC(=O)C(C)Sc1nnc(-c2ccc(F)cc2)n1Cc1ccccc1. The van der Waals surface area contributed by atoms with Gasteiger partial charge in [0.1, 0.15) is 5.82 Å². The first-order valence-electron chi connectivity index (χ1n) is 8.90. The van der Waals surface area contributed by atoms with E-state index in [1.807, 2.05) is 34.9 Å². The van der Waals surface area contributed by atoms with Gasteiger partial charge in [-0.25, -0.2) is 9.18 Å². The number of halogens is 1. The maximum Gasteiger partial charge on any atom is 0.321 e. The lowest BCUT2D eigenvalue weighted by Crippen LogP contribution is -2.41. The van der Waals surface area contributed by atoms with Crippen LogP contribution < -0.4 is 10.6 Å².